The lowest BCUT2D eigenvalue weighted by Gasteiger charge is -2.08. The number of nitrogens with zero attached hydrogens (tertiary/aromatic N) is 1. The third-order valence-corrected chi connectivity index (χ3v) is 2.90. The SMILES string of the molecule is O=C(COc1ccc(F)cc1C(=O)O)Nc1nccs1. The number of carbonyl (C=O) groups is 2. The zero-order valence-electron chi connectivity index (χ0n) is 10.00. The topological polar surface area (TPSA) is 88.5 Å². The van der Waals surface area contributed by atoms with Crippen LogP contribution in [0.5, 0.6) is 5.75 Å². The summed E-state index contributed by atoms with van der Waals surface area (Å²) in [5, 5.41) is 13.5. The highest BCUT2D eigenvalue weighted by Gasteiger charge is 2.14. The average Bonchev–Trinajstić information content (AvgIpc) is 2.90. The summed E-state index contributed by atoms with van der Waals surface area (Å²) in [6.45, 7) is -0.397. The number of benzene rings is 1. The lowest BCUT2D eigenvalue weighted by atomic mass is 10.2. The molecule has 0 aliphatic heterocycles. The number of carboxylic acid groups (broad SMARTS) is 1. The molecule has 2 N–H and O–H groups in total. The maximum absolute atomic E-state index is 13.0. The highest BCUT2D eigenvalue weighted by atomic mass is 32.1. The van der Waals surface area contributed by atoms with Gasteiger partial charge in [0.15, 0.2) is 11.7 Å². The Morgan fingerprint density at radius 1 is 1.45 bits per heavy atom. The lowest BCUT2D eigenvalue weighted by molar-refractivity contribution is -0.118. The smallest absolute Gasteiger partial charge is 0.339 e. The molecule has 2 aromatic rings. The quantitative estimate of drug-likeness (QED) is 0.881. The Kier molecular flexibility index (Phi) is 4.26. The molecule has 1 aromatic heterocycles. The fourth-order valence-electron chi connectivity index (χ4n) is 1.38. The van der Waals surface area contributed by atoms with E-state index in [2.05, 4.69) is 10.3 Å². The van der Waals surface area contributed by atoms with Crippen molar-refractivity contribution in [1.29, 1.82) is 0 Å². The number of nitrogens with one attached hydrogen (secondary N) is 1. The number of amides is 1. The molecule has 0 bridgehead atoms. The molecule has 0 atom stereocenters. The van der Waals surface area contributed by atoms with Gasteiger partial charge in [0.1, 0.15) is 17.1 Å². The Morgan fingerprint density at radius 3 is 2.90 bits per heavy atom. The number of ether oxygens (including phenoxy) is 1. The number of rotatable bonds is 5. The summed E-state index contributed by atoms with van der Waals surface area (Å²) in [4.78, 5) is 26.3. The van der Waals surface area contributed by atoms with E-state index in [-0.39, 0.29) is 11.3 Å². The molecule has 0 saturated heterocycles. The number of anilines is 1. The van der Waals surface area contributed by atoms with E-state index in [1.165, 1.54) is 17.5 Å². The molecule has 2 rings (SSSR count). The third-order valence-electron chi connectivity index (χ3n) is 2.21. The standard InChI is InChI=1S/C12H9FN2O4S/c13-7-1-2-9(8(5-7)11(17)18)19-6-10(16)15-12-14-3-4-20-12/h1-5H,6H2,(H,17,18)(H,14,15,16). The van der Waals surface area contributed by atoms with Gasteiger partial charge in [-0.15, -0.1) is 11.3 Å². The predicted molar refractivity (Wildman–Crippen MR) is 69.6 cm³/mol. The molecular weight excluding hydrogens is 287 g/mol. The Labute approximate surface area is 116 Å². The van der Waals surface area contributed by atoms with Crippen molar-refractivity contribution in [3.63, 3.8) is 0 Å². The van der Waals surface area contributed by atoms with Crippen LogP contribution >= 0.6 is 11.3 Å². The highest BCUT2D eigenvalue weighted by molar-refractivity contribution is 7.13. The van der Waals surface area contributed by atoms with Crippen LogP contribution in [0.25, 0.3) is 0 Å². The average molecular weight is 296 g/mol. The molecule has 6 nitrogen and oxygen atoms in total. The number of hydrogen-bond donors (Lipinski definition) is 2. The van der Waals surface area contributed by atoms with Crippen molar-refractivity contribution < 1.29 is 23.8 Å². The number of hydrogen-bond acceptors (Lipinski definition) is 5. The third kappa shape index (κ3) is 3.51. The molecule has 0 radical (unpaired) electrons. The van der Waals surface area contributed by atoms with E-state index in [9.17, 15) is 14.0 Å². The van der Waals surface area contributed by atoms with Crippen LogP contribution in [0, 0.1) is 5.82 Å². The molecule has 1 aromatic carbocycles. The summed E-state index contributed by atoms with van der Waals surface area (Å²) in [7, 11) is 0. The van der Waals surface area contributed by atoms with Crippen molar-refractivity contribution >= 4 is 28.3 Å². The molecule has 1 heterocycles. The van der Waals surface area contributed by atoms with Gasteiger partial charge in [-0.2, -0.15) is 0 Å². The molecule has 20 heavy (non-hydrogen) atoms. The van der Waals surface area contributed by atoms with Crippen molar-refractivity contribution in [3.05, 3.63) is 41.2 Å². The van der Waals surface area contributed by atoms with Gasteiger partial charge in [0.2, 0.25) is 0 Å². The summed E-state index contributed by atoms with van der Waals surface area (Å²) in [5.74, 6) is -2.59. The molecule has 0 fully saturated rings. The second-order valence-electron chi connectivity index (χ2n) is 3.62. The Hall–Kier alpha value is -2.48. The van der Waals surface area contributed by atoms with E-state index in [4.69, 9.17) is 9.84 Å². The van der Waals surface area contributed by atoms with Gasteiger partial charge in [-0.3, -0.25) is 10.1 Å². The van der Waals surface area contributed by atoms with Crippen molar-refractivity contribution in [2.45, 2.75) is 0 Å². The molecule has 104 valence electrons. The normalized spacial score (nSPS) is 10.1. The van der Waals surface area contributed by atoms with Gasteiger partial charge in [0.05, 0.1) is 0 Å². The van der Waals surface area contributed by atoms with Crippen LogP contribution in [0.2, 0.25) is 0 Å². The number of halogens is 1. The fraction of sp³-hybridized carbons (Fsp3) is 0.0833. The van der Waals surface area contributed by atoms with Gasteiger partial charge in [0.25, 0.3) is 5.91 Å². The summed E-state index contributed by atoms with van der Waals surface area (Å²) in [6, 6.07) is 3.05. The Morgan fingerprint density at radius 2 is 2.25 bits per heavy atom. The minimum Gasteiger partial charge on any atom is -0.483 e. The summed E-state index contributed by atoms with van der Waals surface area (Å²) in [6.07, 6.45) is 1.53. The molecule has 0 aliphatic rings. The van der Waals surface area contributed by atoms with Crippen molar-refractivity contribution in [3.8, 4) is 5.75 Å². The van der Waals surface area contributed by atoms with Crippen LogP contribution in [-0.2, 0) is 4.79 Å². The maximum Gasteiger partial charge on any atom is 0.339 e. The fourth-order valence-corrected chi connectivity index (χ4v) is 1.92. The minimum atomic E-state index is -1.33. The predicted octanol–water partition coefficient (Wildman–Crippen LogP) is 2.00. The molecular formula is C12H9FN2O4S. The number of carbonyl (C=O) groups excluding carboxylic acids is 1. The first-order valence-corrected chi connectivity index (χ1v) is 6.29. The maximum atomic E-state index is 13.0. The first kappa shape index (κ1) is 13.9. The van der Waals surface area contributed by atoms with Gasteiger partial charge in [-0.05, 0) is 18.2 Å². The van der Waals surface area contributed by atoms with Gasteiger partial charge in [0, 0.05) is 11.6 Å². The van der Waals surface area contributed by atoms with Gasteiger partial charge < -0.3 is 9.84 Å². The van der Waals surface area contributed by atoms with Crippen LogP contribution < -0.4 is 10.1 Å². The van der Waals surface area contributed by atoms with E-state index in [1.807, 2.05) is 0 Å². The monoisotopic (exact) mass is 296 g/mol. The first-order chi connectivity index (χ1) is 9.56. The zero-order chi connectivity index (χ0) is 14.5. The van der Waals surface area contributed by atoms with E-state index < -0.39 is 24.3 Å². The molecule has 0 aliphatic carbocycles. The molecule has 0 unspecified atom stereocenters. The number of aromatic nitrogens is 1. The lowest BCUT2D eigenvalue weighted by Crippen LogP contribution is -2.20. The van der Waals surface area contributed by atoms with Crippen LogP contribution in [0.1, 0.15) is 10.4 Å². The largest absolute Gasteiger partial charge is 0.483 e. The second-order valence-corrected chi connectivity index (χ2v) is 4.51. The van der Waals surface area contributed by atoms with Gasteiger partial charge in [-0.1, -0.05) is 0 Å². The molecule has 1 amide bonds. The minimum absolute atomic E-state index is 0.0758. The van der Waals surface area contributed by atoms with Gasteiger partial charge in [-0.25, -0.2) is 14.2 Å². The van der Waals surface area contributed by atoms with Crippen molar-refractivity contribution in [1.82, 2.24) is 4.98 Å². The molecule has 8 heteroatoms. The Bertz CT molecular complexity index is 630. The number of thiazole rings is 1. The Balaban J connectivity index is 2.00. The second kappa shape index (κ2) is 6.11. The number of aromatic carboxylic acids is 1. The van der Waals surface area contributed by atoms with Gasteiger partial charge >= 0.3 is 5.97 Å². The first-order valence-electron chi connectivity index (χ1n) is 5.41. The van der Waals surface area contributed by atoms with Crippen molar-refractivity contribution in [2.24, 2.45) is 0 Å². The van der Waals surface area contributed by atoms with Crippen LogP contribution in [0.3, 0.4) is 0 Å². The summed E-state index contributed by atoms with van der Waals surface area (Å²) in [5.41, 5.74) is -0.341. The molecule has 0 saturated carbocycles. The van der Waals surface area contributed by atoms with Crippen LogP contribution in [0.15, 0.2) is 29.8 Å². The summed E-state index contributed by atoms with van der Waals surface area (Å²) >= 11 is 1.24. The zero-order valence-corrected chi connectivity index (χ0v) is 10.8. The number of carboxylic acids is 1. The molecule has 0 spiro atoms. The van der Waals surface area contributed by atoms with E-state index in [1.54, 1.807) is 5.38 Å². The summed E-state index contributed by atoms with van der Waals surface area (Å²) < 4.78 is 18.0. The van der Waals surface area contributed by atoms with Crippen LogP contribution in [-0.4, -0.2) is 28.6 Å². The van der Waals surface area contributed by atoms with E-state index in [0.717, 1.165) is 18.2 Å². The van der Waals surface area contributed by atoms with Crippen molar-refractivity contribution in [2.75, 3.05) is 11.9 Å². The van der Waals surface area contributed by atoms with E-state index >= 15 is 0 Å². The van der Waals surface area contributed by atoms with Crippen LogP contribution in [0.4, 0.5) is 9.52 Å². The highest BCUT2D eigenvalue weighted by Crippen LogP contribution is 2.20. The van der Waals surface area contributed by atoms with E-state index in [0.29, 0.717) is 5.13 Å².